The Balaban J connectivity index is 0.00000147. The molecule has 1 heterocycles. The second kappa shape index (κ2) is 5.66. The molecule has 2 N–H and O–H groups in total. The highest BCUT2D eigenvalue weighted by Crippen LogP contribution is 2.37. The maximum atomic E-state index is 13.6. The number of carbonyl (C=O) groups is 1. The molecule has 1 aromatic rings. The predicted molar refractivity (Wildman–Crippen MR) is 73.7 cm³/mol. The Morgan fingerprint density at radius 2 is 2.00 bits per heavy atom. The van der Waals surface area contributed by atoms with Gasteiger partial charge in [0.2, 0.25) is 0 Å². The van der Waals surface area contributed by atoms with Gasteiger partial charge in [-0.1, -0.05) is 0 Å². The number of likely N-dealkylation sites (tertiary alicyclic amines) is 1. The number of nitrogens with zero attached hydrogens (tertiary/aromatic N) is 1. The molecule has 2 aliphatic rings. The second-order valence-electron chi connectivity index (χ2n) is 5.50. The summed E-state index contributed by atoms with van der Waals surface area (Å²) in [5, 5.41) is 0. The average Bonchev–Trinajstić information content (AvgIpc) is 2.91. The van der Waals surface area contributed by atoms with Gasteiger partial charge in [-0.15, -0.1) is 12.4 Å². The summed E-state index contributed by atoms with van der Waals surface area (Å²) in [7, 11) is 0. The van der Waals surface area contributed by atoms with E-state index in [9.17, 15) is 13.6 Å². The van der Waals surface area contributed by atoms with Crippen LogP contribution in [0.3, 0.4) is 0 Å². The van der Waals surface area contributed by atoms with Crippen LogP contribution in [0.4, 0.5) is 8.78 Å². The Bertz CT molecular complexity index is 526. The predicted octanol–water partition coefficient (Wildman–Crippen LogP) is 2.20. The minimum Gasteiger partial charge on any atom is -0.338 e. The van der Waals surface area contributed by atoms with E-state index in [-0.39, 0.29) is 29.9 Å². The van der Waals surface area contributed by atoms with E-state index in [1.807, 2.05) is 0 Å². The number of benzene rings is 1. The summed E-state index contributed by atoms with van der Waals surface area (Å²) in [4.78, 5) is 13.9. The topological polar surface area (TPSA) is 46.3 Å². The van der Waals surface area contributed by atoms with E-state index in [4.69, 9.17) is 5.73 Å². The van der Waals surface area contributed by atoms with E-state index in [1.54, 1.807) is 4.90 Å². The Kier molecular flexibility index (Phi) is 4.30. The van der Waals surface area contributed by atoms with Crippen molar-refractivity contribution in [2.24, 2.45) is 17.6 Å². The molecule has 0 radical (unpaired) electrons. The molecule has 1 saturated heterocycles. The number of rotatable bonds is 1. The lowest BCUT2D eigenvalue weighted by atomic mass is 9.98. The largest absolute Gasteiger partial charge is 0.338 e. The van der Waals surface area contributed by atoms with Crippen molar-refractivity contribution in [1.82, 2.24) is 4.90 Å². The molecule has 6 heteroatoms. The molecule has 3 rings (SSSR count). The highest BCUT2D eigenvalue weighted by atomic mass is 35.5. The van der Waals surface area contributed by atoms with E-state index in [1.165, 1.54) is 6.07 Å². The van der Waals surface area contributed by atoms with Crippen molar-refractivity contribution >= 4 is 18.3 Å². The third-order valence-electron chi connectivity index (χ3n) is 4.36. The van der Waals surface area contributed by atoms with Gasteiger partial charge in [-0.3, -0.25) is 4.79 Å². The SMILES string of the molecule is Cl.NC1CCC2CN(C(=O)c3ccc(F)cc3F)CC12. The van der Waals surface area contributed by atoms with E-state index < -0.39 is 11.6 Å². The van der Waals surface area contributed by atoms with Crippen LogP contribution in [0.1, 0.15) is 23.2 Å². The molecule has 110 valence electrons. The first-order valence-electron chi connectivity index (χ1n) is 6.56. The molecule has 0 aromatic heterocycles. The number of nitrogens with two attached hydrogens (primary N) is 1. The molecule has 0 spiro atoms. The van der Waals surface area contributed by atoms with Gasteiger partial charge in [-0.25, -0.2) is 8.78 Å². The van der Waals surface area contributed by atoms with Gasteiger partial charge >= 0.3 is 0 Å². The number of amides is 1. The van der Waals surface area contributed by atoms with E-state index >= 15 is 0 Å². The fraction of sp³-hybridized carbons (Fsp3) is 0.500. The van der Waals surface area contributed by atoms with Crippen molar-refractivity contribution in [3.63, 3.8) is 0 Å². The number of halogens is 3. The molecule has 0 bridgehead atoms. The van der Waals surface area contributed by atoms with Gasteiger partial charge in [-0.2, -0.15) is 0 Å². The van der Waals surface area contributed by atoms with Crippen LogP contribution in [0.25, 0.3) is 0 Å². The van der Waals surface area contributed by atoms with Gasteiger partial charge in [0.05, 0.1) is 5.56 Å². The van der Waals surface area contributed by atoms with Crippen LogP contribution in [0.5, 0.6) is 0 Å². The maximum Gasteiger partial charge on any atom is 0.256 e. The number of carbonyl (C=O) groups excluding carboxylic acids is 1. The summed E-state index contributed by atoms with van der Waals surface area (Å²) in [5.41, 5.74) is 5.95. The molecule has 20 heavy (non-hydrogen) atoms. The number of hydrogen-bond donors (Lipinski definition) is 1. The van der Waals surface area contributed by atoms with Gasteiger partial charge < -0.3 is 10.6 Å². The summed E-state index contributed by atoms with van der Waals surface area (Å²) < 4.78 is 26.5. The first-order chi connectivity index (χ1) is 9.06. The lowest BCUT2D eigenvalue weighted by Gasteiger charge is -2.19. The smallest absolute Gasteiger partial charge is 0.256 e. The van der Waals surface area contributed by atoms with Crippen molar-refractivity contribution in [2.75, 3.05) is 13.1 Å². The Hall–Kier alpha value is -1.20. The average molecular weight is 303 g/mol. The minimum atomic E-state index is -0.800. The maximum absolute atomic E-state index is 13.6. The van der Waals surface area contributed by atoms with Gasteiger partial charge in [0.25, 0.3) is 5.91 Å². The van der Waals surface area contributed by atoms with Crippen LogP contribution >= 0.6 is 12.4 Å². The zero-order chi connectivity index (χ0) is 13.6. The first kappa shape index (κ1) is 15.2. The Labute approximate surface area is 122 Å². The number of hydrogen-bond acceptors (Lipinski definition) is 2. The van der Waals surface area contributed by atoms with Gasteiger partial charge in [0, 0.05) is 25.2 Å². The van der Waals surface area contributed by atoms with E-state index in [0.717, 1.165) is 25.0 Å². The van der Waals surface area contributed by atoms with E-state index in [0.29, 0.717) is 24.9 Å². The van der Waals surface area contributed by atoms with Crippen molar-refractivity contribution in [2.45, 2.75) is 18.9 Å². The van der Waals surface area contributed by atoms with Crippen LogP contribution in [-0.4, -0.2) is 29.9 Å². The van der Waals surface area contributed by atoms with Crippen molar-refractivity contribution in [3.8, 4) is 0 Å². The number of fused-ring (bicyclic) bond motifs is 1. The van der Waals surface area contributed by atoms with Crippen molar-refractivity contribution in [1.29, 1.82) is 0 Å². The molecule has 1 aliphatic carbocycles. The zero-order valence-electron chi connectivity index (χ0n) is 10.9. The summed E-state index contributed by atoms with van der Waals surface area (Å²) >= 11 is 0. The molecule has 1 saturated carbocycles. The van der Waals surface area contributed by atoms with Crippen LogP contribution in [-0.2, 0) is 0 Å². The summed E-state index contributed by atoms with van der Waals surface area (Å²) in [6, 6.07) is 3.21. The molecular formula is C14H17ClF2N2O. The molecule has 1 aromatic carbocycles. The van der Waals surface area contributed by atoms with Crippen LogP contribution < -0.4 is 5.73 Å². The summed E-state index contributed by atoms with van der Waals surface area (Å²) in [6.45, 7) is 1.22. The molecule has 3 atom stereocenters. The van der Waals surface area contributed by atoms with Crippen molar-refractivity contribution in [3.05, 3.63) is 35.4 Å². The summed E-state index contributed by atoms with van der Waals surface area (Å²) in [5.74, 6) is -1.07. The lowest BCUT2D eigenvalue weighted by molar-refractivity contribution is 0.0775. The fourth-order valence-corrected chi connectivity index (χ4v) is 3.31. The molecule has 1 amide bonds. The lowest BCUT2D eigenvalue weighted by Crippen LogP contribution is -2.33. The van der Waals surface area contributed by atoms with E-state index in [2.05, 4.69) is 0 Å². The normalized spacial score (nSPS) is 28.1. The standard InChI is InChI=1S/C14H16F2N2O.ClH/c15-9-2-3-10(12(16)5-9)14(19)18-6-8-1-4-13(17)11(8)7-18;/h2-3,5,8,11,13H,1,4,6-7,17H2;1H. The van der Waals surface area contributed by atoms with Crippen molar-refractivity contribution < 1.29 is 13.6 Å². The third kappa shape index (κ3) is 2.52. The first-order valence-corrected chi connectivity index (χ1v) is 6.56. The minimum absolute atomic E-state index is 0. The molecule has 3 unspecified atom stereocenters. The third-order valence-corrected chi connectivity index (χ3v) is 4.36. The van der Waals surface area contributed by atoms with Crippen LogP contribution in [0.2, 0.25) is 0 Å². The van der Waals surface area contributed by atoms with Crippen LogP contribution in [0, 0.1) is 23.5 Å². The fourth-order valence-electron chi connectivity index (χ4n) is 3.31. The van der Waals surface area contributed by atoms with Gasteiger partial charge in [-0.05, 0) is 36.8 Å². The zero-order valence-corrected chi connectivity index (χ0v) is 11.7. The van der Waals surface area contributed by atoms with Gasteiger partial charge in [0.1, 0.15) is 11.6 Å². The molecule has 1 aliphatic heterocycles. The highest BCUT2D eigenvalue weighted by molar-refractivity contribution is 5.94. The molecule has 2 fully saturated rings. The quantitative estimate of drug-likeness (QED) is 0.864. The highest BCUT2D eigenvalue weighted by Gasteiger charge is 2.42. The Morgan fingerprint density at radius 1 is 1.25 bits per heavy atom. The summed E-state index contributed by atoms with van der Waals surface area (Å²) in [6.07, 6.45) is 2.03. The molecular weight excluding hydrogens is 286 g/mol. The molecule has 3 nitrogen and oxygen atoms in total. The van der Waals surface area contributed by atoms with Gasteiger partial charge in [0.15, 0.2) is 0 Å². The van der Waals surface area contributed by atoms with Crippen LogP contribution in [0.15, 0.2) is 18.2 Å². The Morgan fingerprint density at radius 3 is 2.65 bits per heavy atom. The monoisotopic (exact) mass is 302 g/mol. The second-order valence-corrected chi connectivity index (χ2v) is 5.50.